The van der Waals surface area contributed by atoms with Gasteiger partial charge in [0.15, 0.2) is 0 Å². The lowest BCUT2D eigenvalue weighted by molar-refractivity contribution is -0.0710. The Morgan fingerprint density at radius 3 is 2.35 bits per heavy atom. The molecule has 3 aromatic heterocycles. The first-order chi connectivity index (χ1) is 19.4. The molecule has 3 atom stereocenters. The third-order valence-corrected chi connectivity index (χ3v) is 6.26. The number of rotatable bonds is 8. The molecule has 1 aromatic carbocycles. The summed E-state index contributed by atoms with van der Waals surface area (Å²) in [5.41, 5.74) is -1.46. The Morgan fingerprint density at radius 1 is 0.975 bits per heavy atom. The fraction of sp³-hybridized carbons (Fsp3) is 0.214. The van der Waals surface area contributed by atoms with Crippen LogP contribution in [0, 0.1) is 5.82 Å². The van der Waals surface area contributed by atoms with Gasteiger partial charge in [-0.05, 0) is 29.8 Å². The van der Waals surface area contributed by atoms with Gasteiger partial charge in [-0.3, -0.25) is 24.1 Å². The van der Waals surface area contributed by atoms with Gasteiger partial charge in [-0.25, -0.2) is 9.59 Å². The van der Waals surface area contributed by atoms with E-state index in [1.54, 1.807) is 12.1 Å². The number of pyridine rings is 2. The van der Waals surface area contributed by atoms with Gasteiger partial charge < -0.3 is 14.2 Å². The van der Waals surface area contributed by atoms with Crippen molar-refractivity contribution in [2.75, 3.05) is 6.61 Å². The van der Waals surface area contributed by atoms with E-state index >= 15 is 0 Å². The Balaban J connectivity index is 1.41. The van der Waals surface area contributed by atoms with E-state index in [2.05, 4.69) is 9.97 Å². The molecule has 5 rings (SSSR count). The maximum atomic E-state index is 14.7. The third kappa shape index (κ3) is 5.77. The highest BCUT2D eigenvalue weighted by Gasteiger charge is 2.39. The minimum absolute atomic E-state index is 0.0422. The monoisotopic (exact) mass is 546 g/mol. The Labute approximate surface area is 226 Å². The van der Waals surface area contributed by atoms with Gasteiger partial charge in [0.2, 0.25) is 5.82 Å². The van der Waals surface area contributed by atoms with Crippen molar-refractivity contribution in [2.45, 2.75) is 31.5 Å². The molecule has 1 aliphatic rings. The second-order valence-corrected chi connectivity index (χ2v) is 8.89. The zero-order chi connectivity index (χ0) is 28.1. The highest BCUT2D eigenvalue weighted by molar-refractivity contribution is 5.95. The quantitative estimate of drug-likeness (QED) is 0.306. The molecule has 204 valence electrons. The Kier molecular flexibility index (Phi) is 7.99. The first-order valence-corrected chi connectivity index (χ1v) is 12.3. The van der Waals surface area contributed by atoms with Crippen LogP contribution >= 0.6 is 0 Å². The highest BCUT2D eigenvalue weighted by atomic mass is 19.1. The number of carbonyl (C=O) groups is 2. The molecule has 0 N–H and O–H groups in total. The smallest absolute Gasteiger partial charge is 0.340 e. The second kappa shape index (κ2) is 11.9. The van der Waals surface area contributed by atoms with Crippen molar-refractivity contribution in [1.29, 1.82) is 0 Å². The van der Waals surface area contributed by atoms with Crippen molar-refractivity contribution in [3.05, 3.63) is 129 Å². The van der Waals surface area contributed by atoms with Crippen LogP contribution < -0.4 is 11.2 Å². The van der Waals surface area contributed by atoms with Gasteiger partial charge in [0, 0.05) is 31.2 Å². The predicted octanol–water partition coefficient (Wildman–Crippen LogP) is 2.36. The van der Waals surface area contributed by atoms with Crippen molar-refractivity contribution >= 4 is 11.9 Å². The van der Waals surface area contributed by atoms with E-state index in [0.29, 0.717) is 6.20 Å². The van der Waals surface area contributed by atoms with E-state index < -0.39 is 47.4 Å². The molecule has 1 saturated heterocycles. The van der Waals surface area contributed by atoms with Crippen LogP contribution in [0.3, 0.4) is 0 Å². The van der Waals surface area contributed by atoms with Crippen LogP contribution in [0.5, 0.6) is 0 Å². The number of esters is 1. The number of ether oxygens (including phenoxy) is 3. The summed E-state index contributed by atoms with van der Waals surface area (Å²) in [4.78, 5) is 58.9. The molecule has 11 nitrogen and oxygen atoms in total. The summed E-state index contributed by atoms with van der Waals surface area (Å²) in [7, 11) is 0. The summed E-state index contributed by atoms with van der Waals surface area (Å²) < 4.78 is 33.2. The van der Waals surface area contributed by atoms with Gasteiger partial charge in [-0.1, -0.05) is 30.3 Å². The van der Waals surface area contributed by atoms with Crippen LogP contribution in [0.4, 0.5) is 4.39 Å². The number of nitrogens with zero attached hydrogens (tertiary/aromatic N) is 4. The van der Waals surface area contributed by atoms with Crippen LogP contribution in [0.1, 0.15) is 38.9 Å². The Hall–Kier alpha value is -4.81. The molecule has 1 fully saturated rings. The summed E-state index contributed by atoms with van der Waals surface area (Å²) >= 11 is 0. The van der Waals surface area contributed by atoms with E-state index in [9.17, 15) is 23.6 Å². The van der Waals surface area contributed by atoms with Gasteiger partial charge in [0.1, 0.15) is 18.9 Å². The number of hydrogen-bond donors (Lipinski definition) is 0. The molecule has 0 saturated carbocycles. The van der Waals surface area contributed by atoms with Crippen LogP contribution in [0.15, 0.2) is 95.2 Å². The first kappa shape index (κ1) is 26.8. The van der Waals surface area contributed by atoms with Crippen LogP contribution in [0.25, 0.3) is 0 Å². The van der Waals surface area contributed by atoms with Crippen molar-refractivity contribution in [1.82, 2.24) is 19.1 Å². The minimum Gasteiger partial charge on any atom is -0.459 e. The molecule has 0 aliphatic carbocycles. The lowest BCUT2D eigenvalue weighted by Gasteiger charge is -2.19. The number of halogens is 1. The zero-order valence-electron chi connectivity index (χ0n) is 21.0. The molecule has 1 aliphatic heterocycles. The maximum Gasteiger partial charge on any atom is 0.340 e. The standard InChI is InChI=1S/C28H23FN4O7/c29-21-15-32(28(37)33(26(21)35)25(34)19-8-4-10-30-13-19)24-12-22(38-16-18-6-2-1-3-7-18)23(40-24)17-39-27(36)20-9-5-11-31-14-20/h1-11,13-15,22-24H,12,16-17H2/t22-,23+,24+/m0/s1. The number of benzene rings is 1. The van der Waals surface area contributed by atoms with Gasteiger partial charge in [0.05, 0.1) is 30.0 Å². The summed E-state index contributed by atoms with van der Waals surface area (Å²) in [6.45, 7) is -0.0495. The van der Waals surface area contributed by atoms with E-state index in [1.807, 2.05) is 30.3 Å². The third-order valence-electron chi connectivity index (χ3n) is 6.26. The van der Waals surface area contributed by atoms with Crippen molar-refractivity contribution < 1.29 is 28.2 Å². The van der Waals surface area contributed by atoms with Crippen molar-refractivity contribution in [2.24, 2.45) is 0 Å². The lowest BCUT2D eigenvalue weighted by atomic mass is 10.1. The normalized spacial score (nSPS) is 18.4. The number of carbonyl (C=O) groups excluding carboxylic acids is 2. The summed E-state index contributed by atoms with van der Waals surface area (Å²) in [5.74, 6) is -3.00. The molecule has 0 spiro atoms. The summed E-state index contributed by atoms with van der Waals surface area (Å²) in [6, 6.07) is 15.2. The fourth-order valence-electron chi connectivity index (χ4n) is 4.24. The molecular weight excluding hydrogens is 523 g/mol. The highest BCUT2D eigenvalue weighted by Crippen LogP contribution is 2.31. The molecule has 4 heterocycles. The molecule has 0 unspecified atom stereocenters. The molecule has 4 aromatic rings. The van der Waals surface area contributed by atoms with Crippen LogP contribution in [-0.4, -0.2) is 49.8 Å². The molecule has 0 amide bonds. The van der Waals surface area contributed by atoms with E-state index in [1.165, 1.54) is 30.7 Å². The molecule has 0 bridgehead atoms. The van der Waals surface area contributed by atoms with Crippen LogP contribution in [0.2, 0.25) is 0 Å². The van der Waals surface area contributed by atoms with Gasteiger partial charge in [-0.15, -0.1) is 0 Å². The largest absolute Gasteiger partial charge is 0.459 e. The van der Waals surface area contributed by atoms with Crippen molar-refractivity contribution in [3.63, 3.8) is 0 Å². The fourth-order valence-corrected chi connectivity index (χ4v) is 4.24. The zero-order valence-corrected chi connectivity index (χ0v) is 21.0. The molecule has 40 heavy (non-hydrogen) atoms. The number of hydrogen-bond acceptors (Lipinski definition) is 9. The van der Waals surface area contributed by atoms with Crippen molar-refractivity contribution in [3.8, 4) is 0 Å². The average Bonchev–Trinajstić information content (AvgIpc) is 3.40. The second-order valence-electron chi connectivity index (χ2n) is 8.89. The van der Waals surface area contributed by atoms with E-state index in [-0.39, 0.29) is 35.3 Å². The molecule has 0 radical (unpaired) electrons. The summed E-state index contributed by atoms with van der Waals surface area (Å²) in [5, 5.41) is 0. The summed E-state index contributed by atoms with van der Waals surface area (Å²) in [6.07, 6.45) is 3.52. The Morgan fingerprint density at radius 2 is 1.68 bits per heavy atom. The predicted molar refractivity (Wildman–Crippen MR) is 137 cm³/mol. The van der Waals surface area contributed by atoms with Gasteiger partial charge in [0.25, 0.3) is 11.5 Å². The molecular formula is C28H23FN4O7. The van der Waals surface area contributed by atoms with Gasteiger partial charge >= 0.3 is 11.7 Å². The minimum atomic E-state index is -1.40. The SMILES string of the molecule is O=C(OC[C@H]1O[C@@H](n2cc(F)c(=O)n(C(=O)c3cccnc3)c2=O)C[C@@H]1OCc1ccccc1)c1cccnc1. The van der Waals surface area contributed by atoms with E-state index in [4.69, 9.17) is 14.2 Å². The Bertz CT molecular complexity index is 1610. The number of aromatic nitrogens is 4. The first-order valence-electron chi connectivity index (χ1n) is 12.3. The van der Waals surface area contributed by atoms with Crippen LogP contribution in [-0.2, 0) is 20.8 Å². The topological polar surface area (TPSA) is 132 Å². The average molecular weight is 547 g/mol. The molecule has 12 heteroatoms. The maximum absolute atomic E-state index is 14.7. The lowest BCUT2D eigenvalue weighted by Crippen LogP contribution is -2.46. The van der Waals surface area contributed by atoms with Gasteiger partial charge in [-0.2, -0.15) is 8.96 Å². The van der Waals surface area contributed by atoms with E-state index in [0.717, 1.165) is 16.3 Å².